The minimum absolute atomic E-state index is 0.0557. The molecule has 0 saturated carbocycles. The maximum Gasteiger partial charge on any atom is 0.205 e. The van der Waals surface area contributed by atoms with Crippen molar-refractivity contribution < 1.29 is 14.0 Å². The van der Waals surface area contributed by atoms with Gasteiger partial charge in [-0.2, -0.15) is 5.26 Å². The topological polar surface area (TPSA) is 37.5 Å². The third-order valence-electron chi connectivity index (χ3n) is 3.39. The Kier molecular flexibility index (Phi) is 4.41. The highest BCUT2D eigenvalue weighted by atomic mass is 35.5. The summed E-state index contributed by atoms with van der Waals surface area (Å²) in [5, 5.41) is 9.73. The molecule has 0 aromatic heterocycles. The van der Waals surface area contributed by atoms with Crippen LogP contribution in [0, 0.1) is 17.1 Å². The lowest BCUT2D eigenvalue weighted by Crippen LogP contribution is -3.15. The van der Waals surface area contributed by atoms with E-state index in [-0.39, 0.29) is 12.2 Å². The first-order valence-corrected chi connectivity index (χ1v) is 6.74. The van der Waals surface area contributed by atoms with Gasteiger partial charge in [-0.05, 0) is 26.0 Å². The molecule has 1 aliphatic heterocycles. The maximum absolute atomic E-state index is 14.0. The number of hydrogen-bond donors (Lipinski definition) is 1. The molecule has 3 atom stereocenters. The van der Waals surface area contributed by atoms with Gasteiger partial charge in [0.1, 0.15) is 37.2 Å². The van der Waals surface area contributed by atoms with Crippen LogP contribution in [0.1, 0.15) is 25.5 Å². The average molecular weight is 284 g/mol. The fourth-order valence-corrected chi connectivity index (χ4v) is 2.97. The third kappa shape index (κ3) is 3.06. The first-order chi connectivity index (χ1) is 9.02. The molecule has 1 aromatic carbocycles. The molecular weight excluding hydrogens is 267 g/mol. The monoisotopic (exact) mass is 283 g/mol. The van der Waals surface area contributed by atoms with E-state index >= 15 is 0 Å². The molecule has 1 aromatic rings. The lowest BCUT2D eigenvalue weighted by atomic mass is 10.0. The van der Waals surface area contributed by atoms with Crippen LogP contribution in [0.3, 0.4) is 0 Å². The van der Waals surface area contributed by atoms with Gasteiger partial charge < -0.3 is 9.64 Å². The van der Waals surface area contributed by atoms with Crippen molar-refractivity contribution in [1.82, 2.24) is 0 Å². The molecule has 1 saturated heterocycles. The number of morpholine rings is 1. The van der Waals surface area contributed by atoms with E-state index in [0.29, 0.717) is 23.7 Å². The van der Waals surface area contributed by atoms with Crippen molar-refractivity contribution in [2.45, 2.75) is 32.1 Å². The Balaban J connectivity index is 2.32. The standard InChI is InChI=1S/C14H16ClFN2O/c1-9-7-18(8-10(2)19-9)13(6-17)14-11(15)4-3-5-12(14)16/h3-5,9-10,13H,7-8H2,1-2H3/p+1/t9-,10-,13-/m0/s1. The SMILES string of the molecule is C[C@H]1C[NH+]([C@@H](C#N)c2c(F)cccc2Cl)C[C@H](C)O1. The molecule has 19 heavy (non-hydrogen) atoms. The Bertz CT molecular complexity index is 472. The quantitative estimate of drug-likeness (QED) is 0.898. The van der Waals surface area contributed by atoms with Crippen molar-refractivity contribution in [2.24, 2.45) is 0 Å². The van der Waals surface area contributed by atoms with Crippen LogP contribution < -0.4 is 4.90 Å². The van der Waals surface area contributed by atoms with Gasteiger partial charge in [-0.3, -0.25) is 0 Å². The summed E-state index contributed by atoms with van der Waals surface area (Å²) in [6.07, 6.45) is 0.111. The number of hydrogen-bond acceptors (Lipinski definition) is 2. The van der Waals surface area contributed by atoms with Crippen LogP contribution in [0.2, 0.25) is 5.02 Å². The predicted octanol–water partition coefficient (Wildman–Crippen LogP) is 1.74. The second kappa shape index (κ2) is 5.87. The van der Waals surface area contributed by atoms with Gasteiger partial charge in [0.05, 0.1) is 10.6 Å². The van der Waals surface area contributed by atoms with Gasteiger partial charge in [-0.15, -0.1) is 0 Å². The lowest BCUT2D eigenvalue weighted by Gasteiger charge is -2.35. The summed E-state index contributed by atoms with van der Waals surface area (Å²) in [5.74, 6) is -0.418. The zero-order chi connectivity index (χ0) is 14.0. The van der Waals surface area contributed by atoms with Gasteiger partial charge in [0.25, 0.3) is 0 Å². The minimum Gasteiger partial charge on any atom is -0.364 e. The van der Waals surface area contributed by atoms with Gasteiger partial charge in [0.2, 0.25) is 6.04 Å². The zero-order valence-corrected chi connectivity index (χ0v) is 11.7. The summed E-state index contributed by atoms with van der Waals surface area (Å²) < 4.78 is 19.6. The van der Waals surface area contributed by atoms with Crippen LogP contribution in [0.25, 0.3) is 0 Å². The van der Waals surface area contributed by atoms with Gasteiger partial charge in [-0.25, -0.2) is 4.39 Å². The highest BCUT2D eigenvalue weighted by molar-refractivity contribution is 6.31. The number of benzene rings is 1. The number of ether oxygens (including phenoxy) is 1. The van der Waals surface area contributed by atoms with E-state index < -0.39 is 11.9 Å². The molecule has 0 unspecified atom stereocenters. The summed E-state index contributed by atoms with van der Waals surface area (Å²) in [5.41, 5.74) is 0.294. The van der Waals surface area contributed by atoms with Crippen LogP contribution in [0.5, 0.6) is 0 Å². The molecule has 2 rings (SSSR count). The van der Waals surface area contributed by atoms with Crippen LogP contribution >= 0.6 is 11.6 Å². The van der Waals surface area contributed by atoms with Gasteiger partial charge in [-0.1, -0.05) is 17.7 Å². The third-order valence-corrected chi connectivity index (χ3v) is 3.72. The number of quaternary nitrogens is 1. The van der Waals surface area contributed by atoms with E-state index in [1.54, 1.807) is 12.1 Å². The smallest absolute Gasteiger partial charge is 0.205 e. The van der Waals surface area contributed by atoms with Crippen LogP contribution in [0.4, 0.5) is 4.39 Å². The van der Waals surface area contributed by atoms with Crippen molar-refractivity contribution in [2.75, 3.05) is 13.1 Å². The van der Waals surface area contributed by atoms with Crippen molar-refractivity contribution >= 4 is 11.6 Å². The Morgan fingerprint density at radius 2 is 2.05 bits per heavy atom. The Morgan fingerprint density at radius 3 is 2.58 bits per heavy atom. The summed E-state index contributed by atoms with van der Waals surface area (Å²) in [7, 11) is 0. The first kappa shape index (κ1) is 14.3. The first-order valence-electron chi connectivity index (χ1n) is 6.36. The number of halogens is 2. The summed E-state index contributed by atoms with van der Waals surface area (Å²) in [6.45, 7) is 5.28. The highest BCUT2D eigenvalue weighted by Gasteiger charge is 2.35. The molecule has 102 valence electrons. The Morgan fingerprint density at radius 1 is 1.42 bits per heavy atom. The molecule has 5 heteroatoms. The molecule has 1 aliphatic rings. The van der Waals surface area contributed by atoms with Crippen LogP contribution in [-0.4, -0.2) is 25.3 Å². The van der Waals surface area contributed by atoms with E-state index in [1.807, 2.05) is 13.8 Å². The largest absolute Gasteiger partial charge is 0.364 e. The van der Waals surface area contributed by atoms with Gasteiger partial charge >= 0.3 is 0 Å². The van der Waals surface area contributed by atoms with Crippen LogP contribution in [0.15, 0.2) is 18.2 Å². The molecule has 0 amide bonds. The number of rotatable bonds is 2. The van der Waals surface area contributed by atoms with Crippen LogP contribution in [-0.2, 0) is 4.74 Å². The summed E-state index contributed by atoms with van der Waals surface area (Å²) in [4.78, 5) is 1.00. The summed E-state index contributed by atoms with van der Waals surface area (Å²) >= 11 is 6.06. The van der Waals surface area contributed by atoms with E-state index in [4.69, 9.17) is 16.3 Å². The Hall–Kier alpha value is -1.15. The second-order valence-corrected chi connectivity index (χ2v) is 5.43. The molecule has 0 aliphatic carbocycles. The second-order valence-electron chi connectivity index (χ2n) is 5.02. The fraction of sp³-hybridized carbons (Fsp3) is 0.500. The average Bonchev–Trinajstić information content (AvgIpc) is 2.32. The normalized spacial score (nSPS) is 28.7. The Labute approximate surface area is 117 Å². The molecule has 1 N–H and O–H groups in total. The highest BCUT2D eigenvalue weighted by Crippen LogP contribution is 2.24. The molecule has 1 heterocycles. The number of nitrogens with one attached hydrogen (secondary N) is 1. The van der Waals surface area contributed by atoms with E-state index in [2.05, 4.69) is 6.07 Å². The van der Waals surface area contributed by atoms with E-state index in [9.17, 15) is 9.65 Å². The molecular formula is C14H17ClFN2O+. The van der Waals surface area contributed by atoms with Crippen molar-refractivity contribution in [3.63, 3.8) is 0 Å². The van der Waals surface area contributed by atoms with E-state index in [0.717, 1.165) is 4.90 Å². The van der Waals surface area contributed by atoms with Crippen molar-refractivity contribution in [1.29, 1.82) is 5.26 Å². The minimum atomic E-state index is -0.595. The summed E-state index contributed by atoms with van der Waals surface area (Å²) in [6, 6.07) is 6.12. The predicted molar refractivity (Wildman–Crippen MR) is 70.5 cm³/mol. The van der Waals surface area contributed by atoms with Gasteiger partial charge in [0.15, 0.2) is 0 Å². The van der Waals surface area contributed by atoms with Gasteiger partial charge in [0, 0.05) is 0 Å². The zero-order valence-electron chi connectivity index (χ0n) is 11.0. The lowest BCUT2D eigenvalue weighted by molar-refractivity contribution is -0.937. The van der Waals surface area contributed by atoms with E-state index in [1.165, 1.54) is 6.07 Å². The maximum atomic E-state index is 14.0. The van der Waals surface area contributed by atoms with Crippen molar-refractivity contribution in [3.8, 4) is 6.07 Å². The van der Waals surface area contributed by atoms with Crippen molar-refractivity contribution in [3.05, 3.63) is 34.6 Å². The molecule has 3 nitrogen and oxygen atoms in total. The molecule has 1 fully saturated rings. The molecule has 0 bridgehead atoms. The number of nitrogens with zero attached hydrogens (tertiary/aromatic N) is 1. The fourth-order valence-electron chi connectivity index (χ4n) is 2.70. The molecule has 0 radical (unpaired) electrons. The molecule has 0 spiro atoms. The number of nitriles is 1.